The van der Waals surface area contributed by atoms with Crippen LogP contribution < -0.4 is 4.74 Å². The first kappa shape index (κ1) is 20.1. The standard InChI is InChI=1S/C22H20FNO5/c1-3-29-22(27)21(26)11-20(25)18-13-24(12-14-4-6-15(23)7-5-14)19-10-16(28-2)8-9-17(18)19/h4-11,13,25H,3,12H2,1-2H3/b20-11-. The molecule has 0 atom stereocenters. The number of aliphatic hydroxyl groups excluding tert-OH is 1. The maximum Gasteiger partial charge on any atom is 0.379 e. The second-order valence-corrected chi connectivity index (χ2v) is 6.29. The summed E-state index contributed by atoms with van der Waals surface area (Å²) in [5.41, 5.74) is 1.97. The number of ether oxygens (including phenoxy) is 2. The molecule has 0 amide bonds. The van der Waals surface area contributed by atoms with Crippen molar-refractivity contribution in [3.05, 3.63) is 71.7 Å². The van der Waals surface area contributed by atoms with E-state index in [1.807, 2.05) is 4.57 Å². The zero-order valence-corrected chi connectivity index (χ0v) is 16.0. The lowest BCUT2D eigenvalue weighted by molar-refractivity contribution is -0.151. The number of rotatable bonds is 7. The Hall–Kier alpha value is -3.61. The van der Waals surface area contributed by atoms with Gasteiger partial charge in [0.2, 0.25) is 0 Å². The normalized spacial score (nSPS) is 11.5. The van der Waals surface area contributed by atoms with E-state index in [0.717, 1.165) is 17.2 Å². The molecule has 0 saturated heterocycles. The first-order valence-corrected chi connectivity index (χ1v) is 8.96. The van der Waals surface area contributed by atoms with Gasteiger partial charge in [0.15, 0.2) is 0 Å². The summed E-state index contributed by atoms with van der Waals surface area (Å²) >= 11 is 0. The van der Waals surface area contributed by atoms with Gasteiger partial charge >= 0.3 is 5.97 Å². The molecular formula is C22H20FNO5. The van der Waals surface area contributed by atoms with Crippen LogP contribution in [0.15, 0.2) is 54.7 Å². The van der Waals surface area contributed by atoms with E-state index < -0.39 is 11.8 Å². The molecule has 0 saturated carbocycles. The number of esters is 1. The Bertz CT molecular complexity index is 1080. The minimum Gasteiger partial charge on any atom is -0.507 e. The van der Waals surface area contributed by atoms with Crippen LogP contribution in [0.5, 0.6) is 5.75 Å². The smallest absolute Gasteiger partial charge is 0.379 e. The van der Waals surface area contributed by atoms with Gasteiger partial charge in [-0.05, 0) is 36.8 Å². The fourth-order valence-electron chi connectivity index (χ4n) is 2.98. The molecular weight excluding hydrogens is 377 g/mol. The van der Waals surface area contributed by atoms with Gasteiger partial charge in [-0.1, -0.05) is 12.1 Å². The van der Waals surface area contributed by atoms with E-state index in [-0.39, 0.29) is 18.2 Å². The fourth-order valence-corrected chi connectivity index (χ4v) is 2.98. The van der Waals surface area contributed by atoms with Crippen molar-refractivity contribution in [2.45, 2.75) is 13.5 Å². The Morgan fingerprint density at radius 3 is 2.55 bits per heavy atom. The molecule has 0 spiro atoms. The number of nitrogens with zero attached hydrogens (tertiary/aromatic N) is 1. The average molecular weight is 397 g/mol. The number of halogens is 1. The molecule has 150 valence electrons. The van der Waals surface area contributed by atoms with E-state index in [0.29, 0.717) is 23.2 Å². The molecule has 0 aliphatic rings. The van der Waals surface area contributed by atoms with E-state index in [1.165, 1.54) is 12.1 Å². The highest BCUT2D eigenvalue weighted by Crippen LogP contribution is 2.30. The third kappa shape index (κ3) is 4.45. The molecule has 0 fully saturated rings. The zero-order valence-electron chi connectivity index (χ0n) is 16.0. The van der Waals surface area contributed by atoms with Gasteiger partial charge in [-0.3, -0.25) is 4.79 Å². The number of benzene rings is 2. The van der Waals surface area contributed by atoms with Crippen molar-refractivity contribution < 1.29 is 28.6 Å². The number of ketones is 1. The van der Waals surface area contributed by atoms with E-state index in [2.05, 4.69) is 4.74 Å². The fraction of sp³-hybridized carbons (Fsp3) is 0.182. The molecule has 7 heteroatoms. The van der Waals surface area contributed by atoms with Gasteiger partial charge in [-0.2, -0.15) is 0 Å². The molecule has 0 aliphatic heterocycles. The van der Waals surface area contributed by atoms with Crippen molar-refractivity contribution in [2.24, 2.45) is 0 Å². The number of carbonyl (C=O) groups is 2. The van der Waals surface area contributed by atoms with Gasteiger partial charge in [0, 0.05) is 35.8 Å². The minimum absolute atomic E-state index is 0.0654. The predicted octanol–water partition coefficient (Wildman–Crippen LogP) is 3.87. The van der Waals surface area contributed by atoms with E-state index in [9.17, 15) is 19.1 Å². The van der Waals surface area contributed by atoms with Crippen LogP contribution >= 0.6 is 0 Å². The molecule has 1 heterocycles. The van der Waals surface area contributed by atoms with E-state index >= 15 is 0 Å². The summed E-state index contributed by atoms with van der Waals surface area (Å²) in [5.74, 6) is -2.04. The van der Waals surface area contributed by atoms with E-state index in [4.69, 9.17) is 4.74 Å². The van der Waals surface area contributed by atoms with Crippen molar-refractivity contribution in [2.75, 3.05) is 13.7 Å². The van der Waals surface area contributed by atoms with Crippen LogP contribution in [0.3, 0.4) is 0 Å². The molecule has 29 heavy (non-hydrogen) atoms. The highest BCUT2D eigenvalue weighted by Gasteiger charge is 2.17. The lowest BCUT2D eigenvalue weighted by atomic mass is 10.1. The van der Waals surface area contributed by atoms with Gasteiger partial charge < -0.3 is 19.1 Å². The van der Waals surface area contributed by atoms with Crippen molar-refractivity contribution >= 4 is 28.4 Å². The highest BCUT2D eigenvalue weighted by atomic mass is 19.1. The first-order chi connectivity index (χ1) is 13.9. The maximum absolute atomic E-state index is 13.2. The monoisotopic (exact) mass is 397 g/mol. The lowest BCUT2D eigenvalue weighted by Gasteiger charge is -2.07. The van der Waals surface area contributed by atoms with Gasteiger partial charge in [-0.15, -0.1) is 0 Å². The van der Waals surface area contributed by atoms with Crippen LogP contribution in [0, 0.1) is 5.82 Å². The largest absolute Gasteiger partial charge is 0.507 e. The molecule has 1 aromatic heterocycles. The van der Waals surface area contributed by atoms with Crippen LogP contribution in [0.25, 0.3) is 16.7 Å². The Balaban J connectivity index is 2.04. The number of hydrogen-bond acceptors (Lipinski definition) is 5. The molecule has 3 aromatic rings. The SMILES string of the molecule is CCOC(=O)C(=O)/C=C(\O)c1cn(Cc2ccc(F)cc2)c2cc(OC)ccc12. The van der Waals surface area contributed by atoms with Crippen molar-refractivity contribution in [1.82, 2.24) is 4.57 Å². The molecule has 6 nitrogen and oxygen atoms in total. The van der Waals surface area contributed by atoms with Crippen LogP contribution in [0.1, 0.15) is 18.1 Å². The van der Waals surface area contributed by atoms with Crippen molar-refractivity contribution in [1.29, 1.82) is 0 Å². The summed E-state index contributed by atoms with van der Waals surface area (Å²) in [6.45, 7) is 2.06. The predicted molar refractivity (Wildman–Crippen MR) is 106 cm³/mol. The topological polar surface area (TPSA) is 77.8 Å². The Labute approximate surface area is 166 Å². The average Bonchev–Trinajstić information content (AvgIpc) is 3.07. The second kappa shape index (κ2) is 8.60. The Morgan fingerprint density at radius 2 is 1.90 bits per heavy atom. The van der Waals surface area contributed by atoms with Crippen LogP contribution in [-0.4, -0.2) is 35.1 Å². The zero-order chi connectivity index (χ0) is 21.0. The molecule has 3 rings (SSSR count). The summed E-state index contributed by atoms with van der Waals surface area (Å²) in [7, 11) is 1.55. The maximum atomic E-state index is 13.2. The molecule has 1 N–H and O–H groups in total. The first-order valence-electron chi connectivity index (χ1n) is 8.96. The number of hydrogen-bond donors (Lipinski definition) is 1. The van der Waals surface area contributed by atoms with Crippen LogP contribution in [0.2, 0.25) is 0 Å². The quantitative estimate of drug-likeness (QED) is 0.283. The van der Waals surface area contributed by atoms with Gasteiger partial charge in [0.05, 0.1) is 19.2 Å². The summed E-state index contributed by atoms with van der Waals surface area (Å²) in [6, 6.07) is 11.4. The summed E-state index contributed by atoms with van der Waals surface area (Å²) in [5, 5.41) is 11.2. The number of methoxy groups -OCH3 is 1. The molecule has 0 radical (unpaired) electrons. The number of aliphatic hydroxyl groups is 1. The molecule has 0 bridgehead atoms. The third-order valence-corrected chi connectivity index (χ3v) is 4.38. The minimum atomic E-state index is -1.03. The van der Waals surface area contributed by atoms with E-state index in [1.54, 1.807) is 50.6 Å². The van der Waals surface area contributed by atoms with Crippen LogP contribution in [0.4, 0.5) is 4.39 Å². The number of carbonyl (C=O) groups excluding carboxylic acids is 2. The second-order valence-electron chi connectivity index (χ2n) is 6.29. The Kier molecular flexibility index (Phi) is 5.97. The van der Waals surface area contributed by atoms with Gasteiger partial charge in [0.25, 0.3) is 5.78 Å². The lowest BCUT2D eigenvalue weighted by Crippen LogP contribution is -2.15. The molecule has 0 unspecified atom stereocenters. The molecule has 2 aromatic carbocycles. The van der Waals surface area contributed by atoms with Crippen LogP contribution in [-0.2, 0) is 20.9 Å². The third-order valence-electron chi connectivity index (χ3n) is 4.38. The van der Waals surface area contributed by atoms with Crippen molar-refractivity contribution in [3.63, 3.8) is 0 Å². The summed E-state index contributed by atoms with van der Waals surface area (Å²) in [6.07, 6.45) is 2.51. The summed E-state index contributed by atoms with van der Waals surface area (Å²) in [4.78, 5) is 23.5. The van der Waals surface area contributed by atoms with Gasteiger partial charge in [0.1, 0.15) is 17.3 Å². The summed E-state index contributed by atoms with van der Waals surface area (Å²) < 4.78 is 25.0. The van der Waals surface area contributed by atoms with Crippen molar-refractivity contribution in [3.8, 4) is 5.75 Å². The number of aromatic nitrogens is 1. The van der Waals surface area contributed by atoms with Gasteiger partial charge in [-0.25, -0.2) is 9.18 Å². The highest BCUT2D eigenvalue weighted by molar-refractivity contribution is 6.39. The molecule has 0 aliphatic carbocycles. The Morgan fingerprint density at radius 1 is 1.17 bits per heavy atom. The number of fused-ring (bicyclic) bond motifs is 1.